The summed E-state index contributed by atoms with van der Waals surface area (Å²) in [5.41, 5.74) is 0. The number of sulfonamides is 1. The minimum Gasteiger partial charge on any atom is -0.494 e. The van der Waals surface area contributed by atoms with E-state index in [0.29, 0.717) is 31.9 Å². The van der Waals surface area contributed by atoms with Gasteiger partial charge in [-0.3, -0.25) is 0 Å². The van der Waals surface area contributed by atoms with E-state index in [9.17, 15) is 12.8 Å². The standard InChI is InChI=1S/C14H20FNO3S/c15-13-5-7-14(8-6-13)19-11-4-12-20(17,18)16-9-2-1-3-10-16/h5-8H,1-4,9-12H2. The van der Waals surface area contributed by atoms with Gasteiger partial charge in [-0.25, -0.2) is 17.1 Å². The van der Waals surface area contributed by atoms with Gasteiger partial charge in [0, 0.05) is 13.1 Å². The highest BCUT2D eigenvalue weighted by Crippen LogP contribution is 2.15. The van der Waals surface area contributed by atoms with Gasteiger partial charge >= 0.3 is 0 Å². The van der Waals surface area contributed by atoms with Crippen molar-refractivity contribution >= 4 is 10.0 Å². The lowest BCUT2D eigenvalue weighted by Crippen LogP contribution is -2.37. The summed E-state index contributed by atoms with van der Waals surface area (Å²) in [7, 11) is -3.15. The Morgan fingerprint density at radius 3 is 2.40 bits per heavy atom. The number of hydrogen-bond donors (Lipinski definition) is 0. The monoisotopic (exact) mass is 301 g/mol. The second kappa shape index (κ2) is 7.04. The SMILES string of the molecule is O=S(=O)(CCCOc1ccc(F)cc1)N1CCCCC1. The molecule has 20 heavy (non-hydrogen) atoms. The van der Waals surface area contributed by atoms with Crippen molar-refractivity contribution in [3.63, 3.8) is 0 Å². The average Bonchev–Trinajstić information content (AvgIpc) is 2.46. The van der Waals surface area contributed by atoms with Gasteiger partial charge < -0.3 is 4.74 Å². The molecule has 0 atom stereocenters. The fourth-order valence-corrected chi connectivity index (χ4v) is 3.79. The lowest BCUT2D eigenvalue weighted by Gasteiger charge is -2.25. The molecule has 1 fully saturated rings. The minimum absolute atomic E-state index is 0.105. The van der Waals surface area contributed by atoms with Crippen LogP contribution in [0.3, 0.4) is 0 Å². The van der Waals surface area contributed by atoms with E-state index in [1.807, 2.05) is 0 Å². The third-order valence-electron chi connectivity index (χ3n) is 3.34. The van der Waals surface area contributed by atoms with E-state index < -0.39 is 10.0 Å². The van der Waals surface area contributed by atoms with Crippen molar-refractivity contribution in [1.29, 1.82) is 0 Å². The molecule has 0 amide bonds. The molecule has 1 heterocycles. The molecule has 0 aromatic heterocycles. The van der Waals surface area contributed by atoms with Crippen molar-refractivity contribution in [3.8, 4) is 5.75 Å². The fraction of sp³-hybridized carbons (Fsp3) is 0.571. The summed E-state index contributed by atoms with van der Waals surface area (Å²) in [5, 5.41) is 0. The molecule has 1 aliphatic rings. The van der Waals surface area contributed by atoms with Crippen LogP contribution in [0.1, 0.15) is 25.7 Å². The van der Waals surface area contributed by atoms with Gasteiger partial charge in [-0.2, -0.15) is 0 Å². The van der Waals surface area contributed by atoms with Gasteiger partial charge in [-0.1, -0.05) is 6.42 Å². The predicted molar refractivity (Wildman–Crippen MR) is 75.7 cm³/mol. The lowest BCUT2D eigenvalue weighted by molar-refractivity contribution is 0.312. The number of ether oxygens (including phenoxy) is 1. The Balaban J connectivity index is 1.73. The van der Waals surface area contributed by atoms with Crippen LogP contribution in [0.15, 0.2) is 24.3 Å². The highest BCUT2D eigenvalue weighted by molar-refractivity contribution is 7.89. The normalized spacial score (nSPS) is 17.1. The van der Waals surface area contributed by atoms with Gasteiger partial charge in [0.15, 0.2) is 0 Å². The predicted octanol–water partition coefficient (Wildman–Crippen LogP) is 2.41. The molecule has 1 saturated heterocycles. The first-order chi connectivity index (χ1) is 9.58. The largest absolute Gasteiger partial charge is 0.494 e. The van der Waals surface area contributed by atoms with Crippen LogP contribution in [0.5, 0.6) is 5.75 Å². The van der Waals surface area contributed by atoms with E-state index >= 15 is 0 Å². The van der Waals surface area contributed by atoms with E-state index in [1.165, 1.54) is 24.3 Å². The van der Waals surface area contributed by atoms with Gasteiger partial charge in [-0.15, -0.1) is 0 Å². The minimum atomic E-state index is -3.15. The van der Waals surface area contributed by atoms with Crippen molar-refractivity contribution in [2.24, 2.45) is 0 Å². The summed E-state index contributed by atoms with van der Waals surface area (Å²) in [6, 6.07) is 5.71. The maximum Gasteiger partial charge on any atom is 0.214 e. The van der Waals surface area contributed by atoms with Crippen molar-refractivity contribution in [3.05, 3.63) is 30.1 Å². The summed E-state index contributed by atoms with van der Waals surface area (Å²) in [4.78, 5) is 0. The molecule has 112 valence electrons. The van der Waals surface area contributed by atoms with Crippen LogP contribution in [0.25, 0.3) is 0 Å². The molecule has 0 saturated carbocycles. The molecule has 0 N–H and O–H groups in total. The van der Waals surface area contributed by atoms with Crippen LogP contribution in [0, 0.1) is 5.82 Å². The molecule has 2 rings (SSSR count). The first kappa shape index (κ1) is 15.3. The second-order valence-electron chi connectivity index (χ2n) is 4.93. The lowest BCUT2D eigenvalue weighted by atomic mass is 10.2. The number of piperidine rings is 1. The van der Waals surface area contributed by atoms with Crippen LogP contribution < -0.4 is 4.74 Å². The molecule has 1 aromatic carbocycles. The molecule has 0 unspecified atom stereocenters. The van der Waals surface area contributed by atoms with Crippen molar-refractivity contribution in [2.45, 2.75) is 25.7 Å². The summed E-state index contributed by atoms with van der Waals surface area (Å²) >= 11 is 0. The number of benzene rings is 1. The Labute approximate surface area is 119 Å². The first-order valence-electron chi connectivity index (χ1n) is 6.94. The fourth-order valence-electron chi connectivity index (χ4n) is 2.23. The number of hydrogen-bond acceptors (Lipinski definition) is 3. The molecule has 1 aliphatic heterocycles. The number of halogens is 1. The topological polar surface area (TPSA) is 46.6 Å². The quantitative estimate of drug-likeness (QED) is 0.758. The van der Waals surface area contributed by atoms with Crippen molar-refractivity contribution in [2.75, 3.05) is 25.4 Å². The van der Waals surface area contributed by atoms with Gasteiger partial charge in [0.05, 0.1) is 12.4 Å². The molecule has 0 spiro atoms. The maximum atomic E-state index is 12.7. The maximum absolute atomic E-state index is 12.7. The Morgan fingerprint density at radius 1 is 1.10 bits per heavy atom. The number of nitrogens with zero attached hydrogens (tertiary/aromatic N) is 1. The molecule has 0 bridgehead atoms. The van der Waals surface area contributed by atoms with Crippen molar-refractivity contribution < 1.29 is 17.5 Å². The summed E-state index contributed by atoms with van der Waals surface area (Å²) in [6.07, 6.45) is 3.45. The van der Waals surface area contributed by atoms with Gasteiger partial charge in [0.25, 0.3) is 0 Å². The smallest absolute Gasteiger partial charge is 0.214 e. The molecule has 6 heteroatoms. The summed E-state index contributed by atoms with van der Waals surface area (Å²) in [6.45, 7) is 1.60. The van der Waals surface area contributed by atoms with Crippen LogP contribution >= 0.6 is 0 Å². The van der Waals surface area contributed by atoms with Gasteiger partial charge in [0.1, 0.15) is 11.6 Å². The van der Waals surface area contributed by atoms with E-state index in [0.717, 1.165) is 19.3 Å². The third-order valence-corrected chi connectivity index (χ3v) is 5.29. The zero-order chi connectivity index (χ0) is 14.4. The van der Waals surface area contributed by atoms with Gasteiger partial charge in [-0.05, 0) is 43.5 Å². The molecule has 4 nitrogen and oxygen atoms in total. The Bertz CT molecular complexity index is 510. The molecule has 1 aromatic rings. The zero-order valence-corrected chi connectivity index (χ0v) is 12.2. The molecule has 0 radical (unpaired) electrons. The van der Waals surface area contributed by atoms with Crippen LogP contribution in [-0.2, 0) is 10.0 Å². The van der Waals surface area contributed by atoms with E-state index in [1.54, 1.807) is 4.31 Å². The zero-order valence-electron chi connectivity index (χ0n) is 11.4. The third kappa shape index (κ3) is 4.45. The van der Waals surface area contributed by atoms with Crippen LogP contribution in [-0.4, -0.2) is 38.2 Å². The second-order valence-corrected chi connectivity index (χ2v) is 7.02. The molecular weight excluding hydrogens is 281 g/mol. The number of rotatable bonds is 6. The molecular formula is C14H20FNO3S. The average molecular weight is 301 g/mol. The van der Waals surface area contributed by atoms with Crippen LogP contribution in [0.4, 0.5) is 4.39 Å². The van der Waals surface area contributed by atoms with E-state index in [2.05, 4.69) is 0 Å². The van der Waals surface area contributed by atoms with Crippen LogP contribution in [0.2, 0.25) is 0 Å². The Morgan fingerprint density at radius 2 is 1.75 bits per heavy atom. The first-order valence-corrected chi connectivity index (χ1v) is 8.55. The Kier molecular flexibility index (Phi) is 5.37. The summed E-state index contributed by atoms with van der Waals surface area (Å²) < 4.78 is 43.8. The highest BCUT2D eigenvalue weighted by atomic mass is 32.2. The van der Waals surface area contributed by atoms with E-state index in [4.69, 9.17) is 4.74 Å². The Hall–Kier alpha value is -1.14. The van der Waals surface area contributed by atoms with E-state index in [-0.39, 0.29) is 11.6 Å². The molecule has 0 aliphatic carbocycles. The highest BCUT2D eigenvalue weighted by Gasteiger charge is 2.23. The summed E-state index contributed by atoms with van der Waals surface area (Å²) in [5.74, 6) is 0.348. The van der Waals surface area contributed by atoms with Gasteiger partial charge in [0.2, 0.25) is 10.0 Å². The van der Waals surface area contributed by atoms with Crippen molar-refractivity contribution in [1.82, 2.24) is 4.31 Å².